The summed E-state index contributed by atoms with van der Waals surface area (Å²) < 4.78 is 5.39. The predicted molar refractivity (Wildman–Crippen MR) is 87.3 cm³/mol. The average molecular weight is 303 g/mol. The highest BCUT2D eigenvalue weighted by molar-refractivity contribution is 7.10. The van der Waals surface area contributed by atoms with Crippen molar-refractivity contribution in [3.05, 3.63) is 52.2 Å². The molecule has 1 atom stereocenters. The lowest BCUT2D eigenvalue weighted by molar-refractivity contribution is 0.0925. The molecular weight excluding hydrogens is 282 g/mol. The van der Waals surface area contributed by atoms with Crippen LogP contribution in [0, 0.1) is 0 Å². The van der Waals surface area contributed by atoms with E-state index >= 15 is 0 Å². The van der Waals surface area contributed by atoms with Crippen molar-refractivity contribution in [2.75, 3.05) is 20.2 Å². The van der Waals surface area contributed by atoms with Gasteiger partial charge in [0.05, 0.1) is 13.2 Å². The van der Waals surface area contributed by atoms with Gasteiger partial charge in [-0.15, -0.1) is 11.3 Å². The third kappa shape index (κ3) is 4.16. The van der Waals surface area contributed by atoms with E-state index in [9.17, 15) is 4.79 Å². The summed E-state index contributed by atoms with van der Waals surface area (Å²) in [6.07, 6.45) is 0. The van der Waals surface area contributed by atoms with Gasteiger partial charge in [-0.1, -0.05) is 6.07 Å². The van der Waals surface area contributed by atoms with Crippen molar-refractivity contribution in [3.8, 4) is 5.75 Å². The first-order valence-electron chi connectivity index (χ1n) is 7.11. The minimum Gasteiger partial charge on any atom is -0.494 e. The van der Waals surface area contributed by atoms with Crippen molar-refractivity contribution in [2.45, 2.75) is 19.9 Å². The summed E-state index contributed by atoms with van der Waals surface area (Å²) in [5.41, 5.74) is 0.726. The molecule has 2 aromatic rings. The fourth-order valence-electron chi connectivity index (χ4n) is 2.10. The molecular formula is C17H21NO2S. The molecule has 0 aliphatic carbocycles. The minimum absolute atomic E-state index is 0.129. The van der Waals surface area contributed by atoms with Gasteiger partial charge >= 0.3 is 0 Å². The Bertz CT molecular complexity index is 563. The van der Waals surface area contributed by atoms with Crippen LogP contribution in [-0.4, -0.2) is 30.9 Å². The number of likely N-dealkylation sites (N-methyl/N-ethyl adjacent to an activating group) is 1. The second kappa shape index (κ2) is 7.38. The molecule has 0 aliphatic heterocycles. The molecule has 4 heteroatoms. The number of benzene rings is 1. The Labute approximate surface area is 130 Å². The number of rotatable bonds is 7. The van der Waals surface area contributed by atoms with E-state index in [-0.39, 0.29) is 11.8 Å². The van der Waals surface area contributed by atoms with Gasteiger partial charge < -0.3 is 4.74 Å². The Hall–Kier alpha value is -1.65. The summed E-state index contributed by atoms with van der Waals surface area (Å²) in [5.74, 6) is 0.929. The molecule has 0 saturated heterocycles. The Kier molecular flexibility index (Phi) is 5.53. The smallest absolute Gasteiger partial charge is 0.176 e. The summed E-state index contributed by atoms with van der Waals surface area (Å²) in [6.45, 7) is 5.11. The Morgan fingerprint density at radius 2 is 2.00 bits per heavy atom. The van der Waals surface area contributed by atoms with E-state index in [1.807, 2.05) is 44.3 Å². The number of ketones is 1. The Morgan fingerprint density at radius 3 is 2.57 bits per heavy atom. The highest BCUT2D eigenvalue weighted by atomic mass is 32.1. The third-order valence-electron chi connectivity index (χ3n) is 3.50. The van der Waals surface area contributed by atoms with E-state index in [1.165, 1.54) is 4.88 Å². The van der Waals surface area contributed by atoms with E-state index < -0.39 is 0 Å². The maximum Gasteiger partial charge on any atom is 0.176 e. The number of ether oxygens (including phenoxy) is 1. The zero-order valence-electron chi connectivity index (χ0n) is 12.7. The highest BCUT2D eigenvalue weighted by Crippen LogP contribution is 2.23. The van der Waals surface area contributed by atoms with Crippen molar-refractivity contribution in [1.82, 2.24) is 4.90 Å². The van der Waals surface area contributed by atoms with Gasteiger partial charge in [0.1, 0.15) is 5.75 Å². The molecule has 0 aliphatic rings. The van der Waals surface area contributed by atoms with Crippen LogP contribution in [-0.2, 0) is 0 Å². The van der Waals surface area contributed by atoms with Gasteiger partial charge in [0, 0.05) is 16.5 Å². The second-order valence-corrected chi connectivity index (χ2v) is 5.97. The van der Waals surface area contributed by atoms with Crippen molar-refractivity contribution in [3.63, 3.8) is 0 Å². The zero-order valence-corrected chi connectivity index (χ0v) is 13.5. The largest absolute Gasteiger partial charge is 0.494 e. The summed E-state index contributed by atoms with van der Waals surface area (Å²) in [6, 6.07) is 11.7. The maximum absolute atomic E-state index is 12.3. The van der Waals surface area contributed by atoms with Crippen molar-refractivity contribution in [1.29, 1.82) is 0 Å². The summed E-state index contributed by atoms with van der Waals surface area (Å²) >= 11 is 1.72. The average Bonchev–Trinajstić information content (AvgIpc) is 3.01. The molecule has 2 rings (SSSR count). The topological polar surface area (TPSA) is 29.5 Å². The molecule has 0 N–H and O–H groups in total. The van der Waals surface area contributed by atoms with Gasteiger partial charge in [-0.3, -0.25) is 9.69 Å². The second-order valence-electron chi connectivity index (χ2n) is 4.99. The van der Waals surface area contributed by atoms with Crippen LogP contribution in [0.1, 0.15) is 35.1 Å². The molecule has 0 saturated carbocycles. The predicted octanol–water partition coefficient (Wildman–Crippen LogP) is 4.02. The summed E-state index contributed by atoms with van der Waals surface area (Å²) in [4.78, 5) is 15.7. The van der Waals surface area contributed by atoms with Crippen LogP contribution in [0.25, 0.3) is 0 Å². The summed E-state index contributed by atoms with van der Waals surface area (Å²) in [5, 5.41) is 2.06. The number of carbonyl (C=O) groups excluding carboxylic acids is 1. The highest BCUT2D eigenvalue weighted by Gasteiger charge is 2.16. The van der Waals surface area contributed by atoms with Crippen LogP contribution in [0.4, 0.5) is 0 Å². The third-order valence-corrected chi connectivity index (χ3v) is 4.54. The van der Waals surface area contributed by atoms with Crippen LogP contribution in [0.5, 0.6) is 5.75 Å². The van der Waals surface area contributed by atoms with E-state index in [4.69, 9.17) is 4.74 Å². The fourth-order valence-corrected chi connectivity index (χ4v) is 2.95. The molecule has 3 nitrogen and oxygen atoms in total. The van der Waals surface area contributed by atoms with Crippen LogP contribution < -0.4 is 4.74 Å². The fraction of sp³-hybridized carbons (Fsp3) is 0.353. The molecule has 1 heterocycles. The van der Waals surface area contributed by atoms with Gasteiger partial charge in [-0.25, -0.2) is 0 Å². The number of hydrogen-bond donors (Lipinski definition) is 0. The van der Waals surface area contributed by atoms with Gasteiger partial charge in [-0.2, -0.15) is 0 Å². The lowest BCUT2D eigenvalue weighted by atomic mass is 10.1. The first kappa shape index (κ1) is 15.7. The van der Waals surface area contributed by atoms with E-state index in [1.54, 1.807) is 11.3 Å². The first-order valence-corrected chi connectivity index (χ1v) is 7.99. The van der Waals surface area contributed by atoms with E-state index in [0.717, 1.165) is 11.3 Å². The summed E-state index contributed by atoms with van der Waals surface area (Å²) in [7, 11) is 1.98. The minimum atomic E-state index is 0.129. The molecule has 0 spiro atoms. The molecule has 112 valence electrons. The van der Waals surface area contributed by atoms with Crippen LogP contribution >= 0.6 is 11.3 Å². The lowest BCUT2D eigenvalue weighted by Crippen LogP contribution is -2.28. The monoisotopic (exact) mass is 303 g/mol. The van der Waals surface area contributed by atoms with Crippen molar-refractivity contribution >= 4 is 17.1 Å². The zero-order chi connectivity index (χ0) is 15.2. The van der Waals surface area contributed by atoms with E-state index in [2.05, 4.69) is 23.3 Å². The van der Waals surface area contributed by atoms with Gasteiger partial charge in [0.2, 0.25) is 0 Å². The molecule has 0 amide bonds. The number of nitrogens with zero attached hydrogens (tertiary/aromatic N) is 1. The van der Waals surface area contributed by atoms with Gasteiger partial charge in [0.25, 0.3) is 0 Å². The molecule has 0 bridgehead atoms. The maximum atomic E-state index is 12.3. The van der Waals surface area contributed by atoms with Crippen LogP contribution in [0.15, 0.2) is 41.8 Å². The number of Topliss-reactive ketones (excluding diaryl/α,β-unsaturated/α-hetero) is 1. The van der Waals surface area contributed by atoms with Gasteiger partial charge in [0.15, 0.2) is 5.78 Å². The molecule has 0 fully saturated rings. The van der Waals surface area contributed by atoms with Crippen LogP contribution in [0.3, 0.4) is 0 Å². The molecule has 1 aromatic heterocycles. The normalized spacial score (nSPS) is 12.4. The SMILES string of the molecule is CCOc1ccc(C(=O)CN(C)C(C)c2cccs2)cc1. The lowest BCUT2D eigenvalue weighted by Gasteiger charge is -2.23. The number of hydrogen-bond acceptors (Lipinski definition) is 4. The van der Waals surface area contributed by atoms with Crippen LogP contribution in [0.2, 0.25) is 0 Å². The Balaban J connectivity index is 1.97. The van der Waals surface area contributed by atoms with Gasteiger partial charge in [-0.05, 0) is 56.6 Å². The molecule has 1 aromatic carbocycles. The quantitative estimate of drug-likeness (QED) is 0.723. The molecule has 21 heavy (non-hydrogen) atoms. The molecule has 1 unspecified atom stereocenters. The van der Waals surface area contributed by atoms with Crippen molar-refractivity contribution < 1.29 is 9.53 Å². The number of thiophene rings is 1. The van der Waals surface area contributed by atoms with Crippen molar-refractivity contribution in [2.24, 2.45) is 0 Å². The number of carbonyl (C=O) groups is 1. The Morgan fingerprint density at radius 1 is 1.29 bits per heavy atom. The molecule has 0 radical (unpaired) electrons. The van der Waals surface area contributed by atoms with E-state index in [0.29, 0.717) is 13.2 Å². The standard InChI is InChI=1S/C17H21NO2S/c1-4-20-15-9-7-14(8-10-15)16(19)12-18(3)13(2)17-6-5-11-21-17/h5-11,13H,4,12H2,1-3H3. The first-order chi connectivity index (χ1) is 10.1.